The second-order valence-electron chi connectivity index (χ2n) is 9.21. The molecule has 5 aromatic rings. The Kier molecular flexibility index (Phi) is 7.56. The van der Waals surface area contributed by atoms with Crippen molar-refractivity contribution in [3.8, 4) is 11.3 Å². The van der Waals surface area contributed by atoms with E-state index in [4.69, 9.17) is 11.6 Å². The molecule has 0 atom stereocenters. The number of carbonyl (C=O) groups excluding carboxylic acids is 2. The third-order valence-corrected chi connectivity index (χ3v) is 7.52. The number of halogens is 1. The van der Waals surface area contributed by atoms with E-state index in [-0.39, 0.29) is 28.5 Å². The van der Waals surface area contributed by atoms with Crippen LogP contribution in [0.5, 0.6) is 0 Å². The van der Waals surface area contributed by atoms with Crippen LogP contribution in [0.25, 0.3) is 11.3 Å². The van der Waals surface area contributed by atoms with Gasteiger partial charge in [-0.25, -0.2) is 4.98 Å². The average molecular weight is 607 g/mol. The normalized spacial score (nSPS) is 13.7. The highest BCUT2D eigenvalue weighted by Gasteiger charge is 2.36. The molecule has 1 aliphatic rings. The summed E-state index contributed by atoms with van der Waals surface area (Å²) in [5.41, 5.74) is 5.86. The van der Waals surface area contributed by atoms with E-state index < -0.39 is 10.8 Å². The van der Waals surface area contributed by atoms with E-state index in [2.05, 4.69) is 20.6 Å². The number of nitro benzene ring substituents is 1. The molecule has 0 fully saturated rings. The molecule has 10 nitrogen and oxygen atoms in total. The fraction of sp³-hybridized carbons (Fsp3) is 0. The monoisotopic (exact) mass is 606 g/mol. The Bertz CT molecular complexity index is 1930. The number of benzene rings is 4. The minimum Gasteiger partial charge on any atom is -0.289 e. The molecule has 6 rings (SSSR count). The average Bonchev–Trinajstić information content (AvgIpc) is 3.66. The summed E-state index contributed by atoms with van der Waals surface area (Å²) < 4.78 is 0. The van der Waals surface area contributed by atoms with Crippen LogP contribution in [0.4, 0.5) is 16.5 Å². The molecule has 1 amide bonds. The number of anilines is 2. The topological polar surface area (TPSA) is 130 Å². The summed E-state index contributed by atoms with van der Waals surface area (Å²) in [5.74, 6) is -0.856. The number of amides is 1. The fourth-order valence-corrected chi connectivity index (χ4v) is 5.28. The van der Waals surface area contributed by atoms with Crippen molar-refractivity contribution in [2.75, 3.05) is 10.4 Å². The largest absolute Gasteiger partial charge is 0.303 e. The van der Waals surface area contributed by atoms with Gasteiger partial charge in [-0.3, -0.25) is 25.1 Å². The van der Waals surface area contributed by atoms with E-state index in [0.717, 1.165) is 10.6 Å². The Morgan fingerprint density at radius 3 is 2.33 bits per heavy atom. The Labute approximate surface area is 253 Å². The third kappa shape index (κ3) is 5.67. The van der Waals surface area contributed by atoms with Gasteiger partial charge in [0.2, 0.25) is 5.13 Å². The van der Waals surface area contributed by atoms with Gasteiger partial charge in [-0.15, -0.1) is 11.3 Å². The van der Waals surface area contributed by atoms with E-state index in [0.29, 0.717) is 32.7 Å². The number of nitro groups is 1. The van der Waals surface area contributed by atoms with Gasteiger partial charge in [-0.2, -0.15) is 15.2 Å². The molecule has 1 N–H and O–H groups in total. The van der Waals surface area contributed by atoms with Gasteiger partial charge in [-0.1, -0.05) is 72.3 Å². The van der Waals surface area contributed by atoms with Crippen LogP contribution in [0, 0.1) is 10.1 Å². The molecule has 210 valence electrons. The van der Waals surface area contributed by atoms with Crippen molar-refractivity contribution in [1.82, 2.24) is 4.98 Å². The summed E-state index contributed by atoms with van der Waals surface area (Å²) in [6.45, 7) is 0. The molecule has 2 heterocycles. The van der Waals surface area contributed by atoms with Crippen LogP contribution >= 0.6 is 22.9 Å². The number of non-ortho nitro benzene ring substituents is 1. The van der Waals surface area contributed by atoms with Crippen LogP contribution in [0.15, 0.2) is 119 Å². The first kappa shape index (κ1) is 27.6. The van der Waals surface area contributed by atoms with Crippen LogP contribution in [0.2, 0.25) is 5.02 Å². The number of ketones is 1. The maximum Gasteiger partial charge on any atom is 0.303 e. The zero-order chi connectivity index (χ0) is 29.9. The predicted octanol–water partition coefficient (Wildman–Crippen LogP) is 6.82. The zero-order valence-corrected chi connectivity index (χ0v) is 23.6. The highest BCUT2D eigenvalue weighted by molar-refractivity contribution is 7.14. The summed E-state index contributed by atoms with van der Waals surface area (Å²) >= 11 is 7.45. The summed E-state index contributed by atoms with van der Waals surface area (Å²) in [4.78, 5) is 42.3. The summed E-state index contributed by atoms with van der Waals surface area (Å²) in [6.07, 6.45) is 0. The molecular weight excluding hydrogens is 588 g/mol. The molecule has 0 saturated heterocycles. The lowest BCUT2D eigenvalue weighted by atomic mass is 10.0. The summed E-state index contributed by atoms with van der Waals surface area (Å²) in [5, 5.41) is 23.8. The standard InChI is InChI=1S/C31H19ClN6O4S/c32-22-13-16-25(24(17-22)29(39)21-9-5-2-6-10-21)34-35-28-27(20-11-14-23(15-12-20)38(41)42)36-37(30(28)40)31-33-26(18-43-31)19-7-3-1-4-8-19/h1-18,34H/b35-28+. The number of hydrogen-bond donors (Lipinski definition) is 1. The van der Waals surface area contributed by atoms with Crippen molar-refractivity contribution >= 4 is 62.6 Å². The van der Waals surface area contributed by atoms with Crippen LogP contribution in [-0.2, 0) is 4.79 Å². The Balaban J connectivity index is 1.38. The number of hydrogen-bond acceptors (Lipinski definition) is 9. The number of hydrazone groups is 2. The molecule has 12 heteroatoms. The van der Waals surface area contributed by atoms with Crippen molar-refractivity contribution in [1.29, 1.82) is 0 Å². The molecule has 1 aliphatic heterocycles. The molecule has 1 aromatic heterocycles. The molecule has 0 saturated carbocycles. The highest BCUT2D eigenvalue weighted by atomic mass is 35.5. The van der Waals surface area contributed by atoms with Crippen LogP contribution < -0.4 is 10.4 Å². The summed E-state index contributed by atoms with van der Waals surface area (Å²) in [7, 11) is 0. The lowest BCUT2D eigenvalue weighted by molar-refractivity contribution is -0.384. The lowest BCUT2D eigenvalue weighted by Crippen LogP contribution is -2.28. The van der Waals surface area contributed by atoms with E-state index in [1.165, 1.54) is 41.7 Å². The Morgan fingerprint density at radius 2 is 1.63 bits per heavy atom. The number of carbonyl (C=O) groups is 2. The van der Waals surface area contributed by atoms with Crippen molar-refractivity contribution in [2.24, 2.45) is 10.2 Å². The van der Waals surface area contributed by atoms with Gasteiger partial charge in [-0.05, 0) is 30.3 Å². The first-order chi connectivity index (χ1) is 20.9. The smallest absolute Gasteiger partial charge is 0.289 e. The van der Waals surface area contributed by atoms with Crippen LogP contribution in [-0.4, -0.2) is 33.0 Å². The number of nitrogens with zero attached hydrogens (tertiary/aromatic N) is 5. The maximum atomic E-state index is 13.7. The van der Waals surface area contributed by atoms with Gasteiger partial charge in [0, 0.05) is 44.8 Å². The predicted molar refractivity (Wildman–Crippen MR) is 167 cm³/mol. The first-order valence-electron chi connectivity index (χ1n) is 12.8. The van der Waals surface area contributed by atoms with E-state index in [9.17, 15) is 19.7 Å². The molecule has 0 aliphatic carbocycles. The lowest BCUT2D eigenvalue weighted by Gasteiger charge is -2.10. The first-order valence-corrected chi connectivity index (χ1v) is 14.1. The molecule has 43 heavy (non-hydrogen) atoms. The van der Waals surface area contributed by atoms with Gasteiger partial charge in [0.25, 0.3) is 5.69 Å². The number of nitrogens with one attached hydrogen (secondary N) is 1. The van der Waals surface area contributed by atoms with Gasteiger partial charge >= 0.3 is 5.91 Å². The molecule has 0 spiro atoms. The van der Waals surface area contributed by atoms with Gasteiger partial charge in [0.1, 0.15) is 5.71 Å². The molecular formula is C31H19ClN6O4S. The minimum atomic E-state index is -0.570. The molecule has 0 unspecified atom stereocenters. The second-order valence-corrected chi connectivity index (χ2v) is 10.5. The third-order valence-electron chi connectivity index (χ3n) is 6.46. The Hall–Kier alpha value is -5.52. The summed E-state index contributed by atoms with van der Waals surface area (Å²) in [6, 6.07) is 28.5. The fourth-order valence-electron chi connectivity index (χ4n) is 4.33. The molecule has 0 bridgehead atoms. The van der Waals surface area contributed by atoms with Crippen LogP contribution in [0.1, 0.15) is 21.5 Å². The van der Waals surface area contributed by atoms with Gasteiger partial charge in [0.05, 0.1) is 16.3 Å². The van der Waals surface area contributed by atoms with E-state index in [1.54, 1.807) is 36.4 Å². The molecule has 0 radical (unpaired) electrons. The quantitative estimate of drug-likeness (QED) is 0.117. The van der Waals surface area contributed by atoms with E-state index >= 15 is 0 Å². The number of rotatable bonds is 8. The van der Waals surface area contributed by atoms with Gasteiger partial charge < -0.3 is 0 Å². The zero-order valence-electron chi connectivity index (χ0n) is 22.0. The van der Waals surface area contributed by atoms with Crippen molar-refractivity contribution in [2.45, 2.75) is 0 Å². The number of aromatic nitrogens is 1. The van der Waals surface area contributed by atoms with Crippen LogP contribution in [0.3, 0.4) is 0 Å². The highest BCUT2D eigenvalue weighted by Crippen LogP contribution is 2.31. The van der Waals surface area contributed by atoms with Gasteiger partial charge in [0.15, 0.2) is 11.5 Å². The SMILES string of the molecule is O=C(c1ccccc1)c1cc(Cl)ccc1N/N=C1/C(=O)N(c2nc(-c3ccccc3)cs2)N=C1c1ccc([N+](=O)[O-])cc1. The maximum absolute atomic E-state index is 13.7. The van der Waals surface area contributed by atoms with Crippen molar-refractivity contribution in [3.63, 3.8) is 0 Å². The minimum absolute atomic E-state index is 0.0709. The van der Waals surface area contributed by atoms with Crippen molar-refractivity contribution in [3.05, 3.63) is 140 Å². The second kappa shape index (κ2) is 11.8. The number of thiazole rings is 1. The van der Waals surface area contributed by atoms with E-state index in [1.807, 2.05) is 41.8 Å². The van der Waals surface area contributed by atoms with Crippen molar-refractivity contribution < 1.29 is 14.5 Å². The Morgan fingerprint density at radius 1 is 0.930 bits per heavy atom. The molecule has 4 aromatic carbocycles.